The van der Waals surface area contributed by atoms with Gasteiger partial charge in [0.1, 0.15) is 6.10 Å². The first kappa shape index (κ1) is 14.2. The summed E-state index contributed by atoms with van der Waals surface area (Å²) in [5.74, 6) is -0.379. The standard InChI is InChI=1S/C17H18BrNO3/c1-7-3-4-9(5-8(7)2)19-16(20)12-10-6-11-13(12)17(21)22-15(11)14(10)18/h3-5,10-15H,6H2,1-2H3,(H,19,20)/t10-,11-,12-,13+,14+,15+/m1/s1. The van der Waals surface area contributed by atoms with Crippen LogP contribution in [-0.4, -0.2) is 22.8 Å². The van der Waals surface area contributed by atoms with E-state index in [0.29, 0.717) is 0 Å². The normalized spacial score (nSPS) is 38.2. The summed E-state index contributed by atoms with van der Waals surface area (Å²) in [4.78, 5) is 24.9. The van der Waals surface area contributed by atoms with Gasteiger partial charge in [0, 0.05) is 11.6 Å². The molecule has 3 aliphatic rings. The number of carbonyl (C=O) groups excluding carboxylic acids is 2. The monoisotopic (exact) mass is 363 g/mol. The lowest BCUT2D eigenvalue weighted by Gasteiger charge is -2.27. The zero-order valence-corrected chi connectivity index (χ0v) is 14.1. The van der Waals surface area contributed by atoms with E-state index in [4.69, 9.17) is 4.74 Å². The molecular formula is C17H18BrNO3. The number of anilines is 1. The highest BCUT2D eigenvalue weighted by atomic mass is 79.9. The second-order valence-corrected chi connectivity index (χ2v) is 7.81. The van der Waals surface area contributed by atoms with E-state index in [1.54, 1.807) is 0 Å². The van der Waals surface area contributed by atoms with Gasteiger partial charge in [0.05, 0.1) is 16.7 Å². The molecule has 116 valence electrons. The van der Waals surface area contributed by atoms with Crippen LogP contribution in [0.1, 0.15) is 17.5 Å². The maximum atomic E-state index is 12.7. The molecule has 22 heavy (non-hydrogen) atoms. The van der Waals surface area contributed by atoms with Crippen LogP contribution in [-0.2, 0) is 14.3 Å². The first-order valence-electron chi connectivity index (χ1n) is 7.70. The lowest BCUT2D eigenvalue weighted by molar-refractivity contribution is -0.145. The van der Waals surface area contributed by atoms with E-state index in [0.717, 1.165) is 17.7 Å². The molecule has 1 saturated heterocycles. The van der Waals surface area contributed by atoms with Gasteiger partial charge >= 0.3 is 5.97 Å². The Balaban J connectivity index is 1.58. The average Bonchev–Trinajstić information content (AvgIpc) is 3.07. The molecule has 3 fully saturated rings. The molecule has 4 rings (SSSR count). The second kappa shape index (κ2) is 4.82. The molecule has 0 radical (unpaired) electrons. The topological polar surface area (TPSA) is 55.4 Å². The van der Waals surface area contributed by atoms with Crippen molar-refractivity contribution < 1.29 is 14.3 Å². The fourth-order valence-electron chi connectivity index (χ4n) is 4.38. The quantitative estimate of drug-likeness (QED) is 0.649. The number of hydrogen-bond acceptors (Lipinski definition) is 3. The van der Waals surface area contributed by atoms with E-state index < -0.39 is 0 Å². The summed E-state index contributed by atoms with van der Waals surface area (Å²) in [5.41, 5.74) is 3.13. The van der Waals surface area contributed by atoms with Crippen LogP contribution in [0.4, 0.5) is 5.69 Å². The maximum Gasteiger partial charge on any atom is 0.310 e. The molecule has 1 aliphatic heterocycles. The lowest BCUT2D eigenvalue weighted by Crippen LogP contribution is -2.40. The summed E-state index contributed by atoms with van der Waals surface area (Å²) in [6.45, 7) is 4.07. The minimum absolute atomic E-state index is 0.0341. The molecule has 6 atom stereocenters. The molecule has 1 aromatic rings. The molecule has 1 amide bonds. The number of rotatable bonds is 2. The second-order valence-electron chi connectivity index (χ2n) is 6.75. The van der Waals surface area contributed by atoms with E-state index in [1.807, 2.05) is 32.0 Å². The smallest absolute Gasteiger partial charge is 0.310 e. The van der Waals surface area contributed by atoms with Gasteiger partial charge in [-0.15, -0.1) is 0 Å². The fraction of sp³-hybridized carbons (Fsp3) is 0.529. The number of nitrogens with one attached hydrogen (secondary N) is 1. The van der Waals surface area contributed by atoms with Gasteiger partial charge in [0.25, 0.3) is 0 Å². The number of alkyl halides is 1. The van der Waals surface area contributed by atoms with Crippen molar-refractivity contribution in [3.63, 3.8) is 0 Å². The van der Waals surface area contributed by atoms with E-state index in [1.165, 1.54) is 5.56 Å². The molecule has 1 aromatic carbocycles. The van der Waals surface area contributed by atoms with E-state index in [-0.39, 0.29) is 46.5 Å². The van der Waals surface area contributed by atoms with E-state index in [9.17, 15) is 9.59 Å². The summed E-state index contributed by atoms with van der Waals surface area (Å²) >= 11 is 3.63. The Morgan fingerprint density at radius 2 is 2.05 bits per heavy atom. The summed E-state index contributed by atoms with van der Waals surface area (Å²) in [7, 11) is 0. The van der Waals surface area contributed by atoms with Crippen molar-refractivity contribution in [1.29, 1.82) is 0 Å². The largest absolute Gasteiger partial charge is 0.461 e. The van der Waals surface area contributed by atoms with Crippen molar-refractivity contribution in [3.8, 4) is 0 Å². The Morgan fingerprint density at radius 1 is 1.27 bits per heavy atom. The molecule has 2 bridgehead atoms. The third kappa shape index (κ3) is 1.87. The number of aryl methyl sites for hydroxylation is 2. The first-order valence-corrected chi connectivity index (χ1v) is 8.61. The van der Waals surface area contributed by atoms with Crippen molar-refractivity contribution >= 4 is 33.5 Å². The van der Waals surface area contributed by atoms with Crippen LogP contribution < -0.4 is 5.32 Å². The highest BCUT2D eigenvalue weighted by Gasteiger charge is 2.67. The molecule has 1 N–H and O–H groups in total. The highest BCUT2D eigenvalue weighted by molar-refractivity contribution is 9.09. The molecule has 4 nitrogen and oxygen atoms in total. The molecule has 5 heteroatoms. The lowest BCUT2D eigenvalue weighted by atomic mass is 9.79. The van der Waals surface area contributed by atoms with Crippen LogP contribution in [0.2, 0.25) is 0 Å². The van der Waals surface area contributed by atoms with Gasteiger partial charge in [-0.3, -0.25) is 9.59 Å². The molecule has 2 saturated carbocycles. The van der Waals surface area contributed by atoms with Crippen LogP contribution in [0, 0.1) is 37.5 Å². The average molecular weight is 364 g/mol. The molecule has 0 spiro atoms. The summed E-state index contributed by atoms with van der Waals surface area (Å²) in [6.07, 6.45) is 0.871. The van der Waals surface area contributed by atoms with E-state index >= 15 is 0 Å². The van der Waals surface area contributed by atoms with Crippen molar-refractivity contribution in [1.82, 2.24) is 0 Å². The number of esters is 1. The predicted molar refractivity (Wildman–Crippen MR) is 85.7 cm³/mol. The van der Waals surface area contributed by atoms with Gasteiger partial charge in [0.15, 0.2) is 0 Å². The Labute approximate surface area is 137 Å². The Hall–Kier alpha value is -1.36. The van der Waals surface area contributed by atoms with Gasteiger partial charge in [-0.1, -0.05) is 22.0 Å². The molecule has 0 aromatic heterocycles. The number of amides is 1. The zero-order chi connectivity index (χ0) is 15.6. The summed E-state index contributed by atoms with van der Waals surface area (Å²) < 4.78 is 5.45. The van der Waals surface area contributed by atoms with Crippen LogP contribution in [0.3, 0.4) is 0 Å². The van der Waals surface area contributed by atoms with Crippen molar-refractivity contribution in [2.45, 2.75) is 31.2 Å². The molecule has 0 unspecified atom stereocenters. The number of fused-ring (bicyclic) bond motifs is 1. The van der Waals surface area contributed by atoms with Crippen LogP contribution in [0.5, 0.6) is 0 Å². The number of ether oxygens (including phenoxy) is 1. The Morgan fingerprint density at radius 3 is 2.77 bits per heavy atom. The fourth-order valence-corrected chi connectivity index (χ4v) is 5.42. The number of benzene rings is 1. The van der Waals surface area contributed by atoms with Crippen LogP contribution >= 0.6 is 15.9 Å². The van der Waals surface area contributed by atoms with Gasteiger partial charge in [-0.2, -0.15) is 0 Å². The van der Waals surface area contributed by atoms with E-state index in [2.05, 4.69) is 21.2 Å². The Bertz CT molecular complexity index is 674. The third-order valence-electron chi connectivity index (χ3n) is 5.60. The SMILES string of the molecule is Cc1ccc(NC(=O)[C@@H]2[C@H]3C[C@H]4[C@H](OC(=O)[C@@H]42)[C@H]3Br)cc1C. The molecule has 2 aliphatic carbocycles. The number of carbonyl (C=O) groups is 2. The molecular weight excluding hydrogens is 346 g/mol. The summed E-state index contributed by atoms with van der Waals surface area (Å²) in [5, 5.41) is 2.99. The Kier molecular flexibility index (Phi) is 3.12. The zero-order valence-electron chi connectivity index (χ0n) is 12.5. The van der Waals surface area contributed by atoms with Gasteiger partial charge in [-0.25, -0.2) is 0 Å². The van der Waals surface area contributed by atoms with Gasteiger partial charge in [-0.05, 0) is 49.4 Å². The number of halogens is 1. The van der Waals surface area contributed by atoms with Crippen LogP contribution in [0.25, 0.3) is 0 Å². The van der Waals surface area contributed by atoms with Gasteiger partial charge in [0.2, 0.25) is 5.91 Å². The highest BCUT2D eigenvalue weighted by Crippen LogP contribution is 2.60. The van der Waals surface area contributed by atoms with Crippen molar-refractivity contribution in [2.24, 2.45) is 23.7 Å². The molecule has 1 heterocycles. The summed E-state index contributed by atoms with van der Waals surface area (Å²) in [6, 6.07) is 5.88. The number of hydrogen-bond donors (Lipinski definition) is 1. The minimum atomic E-state index is -0.276. The van der Waals surface area contributed by atoms with Crippen LogP contribution in [0.15, 0.2) is 18.2 Å². The first-order chi connectivity index (χ1) is 10.5. The predicted octanol–water partition coefficient (Wildman–Crippen LogP) is 2.81. The van der Waals surface area contributed by atoms with Gasteiger partial charge < -0.3 is 10.1 Å². The maximum absolute atomic E-state index is 12.7. The minimum Gasteiger partial charge on any atom is -0.461 e. The van der Waals surface area contributed by atoms with Crippen molar-refractivity contribution in [3.05, 3.63) is 29.3 Å². The third-order valence-corrected chi connectivity index (χ3v) is 6.80. The van der Waals surface area contributed by atoms with Crippen molar-refractivity contribution in [2.75, 3.05) is 5.32 Å².